The number of hydrogen-bond donors (Lipinski definition) is 0. The first-order valence-electron chi connectivity index (χ1n) is 5.47. The summed E-state index contributed by atoms with van der Waals surface area (Å²) < 4.78 is 2.49. The van der Waals surface area contributed by atoms with E-state index in [0.29, 0.717) is 0 Å². The predicted octanol–water partition coefficient (Wildman–Crippen LogP) is 3.86. The van der Waals surface area contributed by atoms with Crippen molar-refractivity contribution in [3.05, 3.63) is 48.2 Å². The van der Waals surface area contributed by atoms with Gasteiger partial charge in [-0.25, -0.2) is 0 Å². The molecule has 1 aromatic carbocycles. The Morgan fingerprint density at radius 1 is 1.13 bits per heavy atom. The number of nitrogens with zero attached hydrogens (tertiary/aromatic N) is 1. The molecular weight excluding hydrogens is 198 g/mol. The van der Waals surface area contributed by atoms with Gasteiger partial charge in [-0.1, -0.05) is 56.0 Å². The molecule has 0 atom stereocenters. The lowest BCUT2D eigenvalue weighted by Gasteiger charge is -2.33. The molecule has 0 heterocycles. The molecule has 1 rings (SSSR count). The zero-order valence-corrected chi connectivity index (χ0v) is 11.2. The van der Waals surface area contributed by atoms with Gasteiger partial charge in [-0.2, -0.15) is 0 Å². The molecule has 0 aromatic heterocycles. The number of allylic oxidation sites excluding steroid dienone is 1. The van der Waals surface area contributed by atoms with Gasteiger partial charge in [0.2, 0.25) is 0 Å². The Balaban J connectivity index is 2.76. The van der Waals surface area contributed by atoms with E-state index in [2.05, 4.69) is 73.7 Å². The molecule has 1 nitrogen and oxygen atoms in total. The Bertz CT molecular complexity index is 311. The Hall–Kier alpha value is -1.02. The van der Waals surface area contributed by atoms with E-state index in [1.54, 1.807) is 0 Å². The molecule has 0 aliphatic heterocycles. The van der Waals surface area contributed by atoms with Crippen LogP contribution in [-0.4, -0.2) is 12.8 Å². The second kappa shape index (κ2) is 5.17. The molecule has 0 fully saturated rings. The van der Waals surface area contributed by atoms with Gasteiger partial charge < -0.3 is 4.57 Å². The van der Waals surface area contributed by atoms with Crippen LogP contribution in [0.2, 0.25) is 19.6 Å². The van der Waals surface area contributed by atoms with Crippen LogP contribution in [0.3, 0.4) is 0 Å². The molecule has 82 valence electrons. The van der Waals surface area contributed by atoms with Crippen molar-refractivity contribution in [2.45, 2.75) is 33.1 Å². The minimum atomic E-state index is -1.24. The maximum absolute atomic E-state index is 2.49. The first-order valence-corrected chi connectivity index (χ1v) is 8.92. The zero-order chi connectivity index (χ0) is 11.3. The van der Waals surface area contributed by atoms with Gasteiger partial charge >= 0.3 is 0 Å². The van der Waals surface area contributed by atoms with Gasteiger partial charge in [0.15, 0.2) is 0 Å². The fourth-order valence-corrected chi connectivity index (χ4v) is 2.73. The highest BCUT2D eigenvalue weighted by atomic mass is 28.3. The Kier molecular flexibility index (Phi) is 4.15. The molecule has 0 saturated heterocycles. The Labute approximate surface area is 94.5 Å². The monoisotopic (exact) mass is 219 g/mol. The number of benzene rings is 1. The van der Waals surface area contributed by atoms with Gasteiger partial charge in [0.05, 0.1) is 0 Å². The number of rotatable bonds is 4. The summed E-state index contributed by atoms with van der Waals surface area (Å²) in [6, 6.07) is 10.7. The zero-order valence-electron chi connectivity index (χ0n) is 10.2. The first-order chi connectivity index (χ1) is 7.04. The van der Waals surface area contributed by atoms with Crippen molar-refractivity contribution < 1.29 is 0 Å². The van der Waals surface area contributed by atoms with E-state index >= 15 is 0 Å². The van der Waals surface area contributed by atoms with Crippen LogP contribution in [0.15, 0.2) is 42.6 Å². The van der Waals surface area contributed by atoms with E-state index in [9.17, 15) is 0 Å². The summed E-state index contributed by atoms with van der Waals surface area (Å²) in [5.41, 5.74) is 1.39. The minimum absolute atomic E-state index is 1.03. The maximum atomic E-state index is 2.49. The van der Waals surface area contributed by atoms with Crippen molar-refractivity contribution in [3.8, 4) is 0 Å². The predicted molar refractivity (Wildman–Crippen MR) is 70.1 cm³/mol. The molecular formula is C13H21NSi. The summed E-state index contributed by atoms with van der Waals surface area (Å²) in [6.07, 6.45) is 4.35. The van der Waals surface area contributed by atoms with Gasteiger partial charge in [-0.05, 0) is 18.7 Å². The Morgan fingerprint density at radius 3 is 2.20 bits per heavy atom. The first kappa shape index (κ1) is 12.0. The van der Waals surface area contributed by atoms with Gasteiger partial charge in [-0.15, -0.1) is 0 Å². The molecule has 0 unspecified atom stereocenters. The molecule has 15 heavy (non-hydrogen) atoms. The van der Waals surface area contributed by atoms with Gasteiger partial charge in [0.1, 0.15) is 8.24 Å². The lowest BCUT2D eigenvalue weighted by molar-refractivity contribution is 0.556. The molecule has 0 aliphatic carbocycles. The summed E-state index contributed by atoms with van der Waals surface area (Å²) in [6.45, 7) is 10.2. The highest BCUT2D eigenvalue weighted by Crippen LogP contribution is 2.14. The van der Waals surface area contributed by atoms with Crippen LogP contribution in [0.1, 0.15) is 12.5 Å². The van der Waals surface area contributed by atoms with Crippen LogP contribution in [-0.2, 0) is 6.54 Å². The van der Waals surface area contributed by atoms with Crippen molar-refractivity contribution in [3.63, 3.8) is 0 Å². The normalized spacial score (nSPS) is 12.0. The lowest BCUT2D eigenvalue weighted by Crippen LogP contribution is -2.41. The average molecular weight is 219 g/mol. The van der Waals surface area contributed by atoms with E-state index in [-0.39, 0.29) is 0 Å². The average Bonchev–Trinajstić information content (AvgIpc) is 2.17. The third-order valence-corrected chi connectivity index (χ3v) is 4.42. The largest absolute Gasteiger partial charge is 0.400 e. The quantitative estimate of drug-likeness (QED) is 0.695. The van der Waals surface area contributed by atoms with Crippen molar-refractivity contribution in [1.82, 2.24) is 4.57 Å². The van der Waals surface area contributed by atoms with E-state index in [1.165, 1.54) is 5.56 Å². The SMILES string of the molecule is C/C=C\N(Cc1ccccc1)[Si](C)(C)C. The molecule has 0 bridgehead atoms. The summed E-state index contributed by atoms with van der Waals surface area (Å²) in [5, 5.41) is 0. The van der Waals surface area contributed by atoms with Crippen LogP contribution in [0.25, 0.3) is 0 Å². The number of hydrogen-bond acceptors (Lipinski definition) is 1. The highest BCUT2D eigenvalue weighted by Gasteiger charge is 2.20. The maximum Gasteiger partial charge on any atom is 0.147 e. The van der Waals surface area contributed by atoms with E-state index in [4.69, 9.17) is 0 Å². The summed E-state index contributed by atoms with van der Waals surface area (Å²) in [5.74, 6) is 0. The molecule has 0 aliphatic rings. The summed E-state index contributed by atoms with van der Waals surface area (Å²) in [4.78, 5) is 0. The molecule has 1 aromatic rings. The van der Waals surface area contributed by atoms with Crippen LogP contribution in [0, 0.1) is 0 Å². The van der Waals surface area contributed by atoms with Gasteiger partial charge in [-0.3, -0.25) is 0 Å². The third-order valence-electron chi connectivity index (χ3n) is 2.39. The van der Waals surface area contributed by atoms with E-state index < -0.39 is 8.24 Å². The summed E-state index contributed by atoms with van der Waals surface area (Å²) in [7, 11) is -1.24. The van der Waals surface area contributed by atoms with Crippen LogP contribution >= 0.6 is 0 Å². The topological polar surface area (TPSA) is 3.24 Å². The van der Waals surface area contributed by atoms with Crippen molar-refractivity contribution in [2.75, 3.05) is 0 Å². The fraction of sp³-hybridized carbons (Fsp3) is 0.385. The van der Waals surface area contributed by atoms with Gasteiger partial charge in [0.25, 0.3) is 0 Å². The van der Waals surface area contributed by atoms with Gasteiger partial charge in [0, 0.05) is 6.54 Å². The molecule has 0 N–H and O–H groups in total. The third kappa shape index (κ3) is 3.92. The standard InChI is InChI=1S/C13H21NSi/c1-5-11-14(15(2,3)4)12-13-9-7-6-8-10-13/h5-11H,12H2,1-4H3/b11-5-. The van der Waals surface area contributed by atoms with Crippen molar-refractivity contribution >= 4 is 8.24 Å². The summed E-state index contributed by atoms with van der Waals surface area (Å²) >= 11 is 0. The van der Waals surface area contributed by atoms with Crippen LogP contribution in [0.4, 0.5) is 0 Å². The Morgan fingerprint density at radius 2 is 1.73 bits per heavy atom. The molecule has 0 spiro atoms. The van der Waals surface area contributed by atoms with Crippen molar-refractivity contribution in [1.29, 1.82) is 0 Å². The minimum Gasteiger partial charge on any atom is -0.400 e. The van der Waals surface area contributed by atoms with Crippen molar-refractivity contribution in [2.24, 2.45) is 0 Å². The smallest absolute Gasteiger partial charge is 0.147 e. The second-order valence-corrected chi connectivity index (χ2v) is 9.68. The molecule has 0 amide bonds. The van der Waals surface area contributed by atoms with E-state index in [1.807, 2.05) is 0 Å². The van der Waals surface area contributed by atoms with E-state index in [0.717, 1.165) is 6.54 Å². The fourth-order valence-electron chi connectivity index (χ4n) is 1.47. The highest BCUT2D eigenvalue weighted by molar-refractivity contribution is 6.73. The van der Waals surface area contributed by atoms with Crippen LogP contribution < -0.4 is 0 Å². The lowest BCUT2D eigenvalue weighted by atomic mass is 10.2. The molecule has 0 saturated carbocycles. The second-order valence-electron chi connectivity index (χ2n) is 4.77. The van der Waals surface area contributed by atoms with Crippen LogP contribution in [0.5, 0.6) is 0 Å². The molecule has 2 heteroatoms. The molecule has 0 radical (unpaired) electrons.